The smallest absolute Gasteiger partial charge is 0.398 e. The molecule has 4 nitrogen and oxygen atoms in total. The van der Waals surface area contributed by atoms with Crippen molar-refractivity contribution in [2.24, 2.45) is 0 Å². The molecule has 5 heteroatoms. The summed E-state index contributed by atoms with van der Waals surface area (Å²) < 4.78 is 12.1. The molecule has 0 atom stereocenters. The van der Waals surface area contributed by atoms with Crippen LogP contribution in [0.5, 0.6) is 0 Å². The molecule has 0 amide bonds. The lowest BCUT2D eigenvalue weighted by atomic mass is 9.77. The van der Waals surface area contributed by atoms with Crippen LogP contribution in [0, 0.1) is 0 Å². The minimum absolute atomic E-state index is 0.280. The Bertz CT molecular complexity index is 470. The van der Waals surface area contributed by atoms with E-state index in [0.717, 1.165) is 16.8 Å². The predicted molar refractivity (Wildman–Crippen MR) is 78.5 cm³/mol. The van der Waals surface area contributed by atoms with Crippen molar-refractivity contribution in [2.45, 2.75) is 58.7 Å². The second-order valence-corrected chi connectivity index (χ2v) is 6.44. The van der Waals surface area contributed by atoms with Gasteiger partial charge < -0.3 is 15.0 Å². The first kappa shape index (κ1) is 14.3. The summed E-state index contributed by atoms with van der Waals surface area (Å²) in [6, 6.07) is 1.82. The molecule has 0 bridgehead atoms. The highest BCUT2D eigenvalue weighted by Gasteiger charge is 2.53. The molecule has 2 rings (SSSR count). The number of nitrogen functional groups attached to an aromatic ring is 1. The molecule has 0 aliphatic carbocycles. The van der Waals surface area contributed by atoms with Gasteiger partial charge in [-0.15, -0.1) is 0 Å². The van der Waals surface area contributed by atoms with Gasteiger partial charge in [-0.25, -0.2) is 0 Å². The van der Waals surface area contributed by atoms with Gasteiger partial charge in [0.25, 0.3) is 0 Å². The summed E-state index contributed by atoms with van der Waals surface area (Å²) in [6.07, 6.45) is 1.71. The number of aromatic nitrogens is 1. The Morgan fingerprint density at radius 1 is 1.16 bits per heavy atom. The second kappa shape index (κ2) is 4.49. The Morgan fingerprint density at radius 3 is 2.16 bits per heavy atom. The fraction of sp³-hybridized carbons (Fsp3) is 0.643. The third-order valence-electron chi connectivity index (χ3n) is 4.11. The predicted octanol–water partition coefficient (Wildman–Crippen LogP) is 2.09. The number of pyridine rings is 1. The minimum atomic E-state index is -0.453. The third kappa shape index (κ3) is 2.37. The highest BCUT2D eigenvalue weighted by molar-refractivity contribution is 6.61. The van der Waals surface area contributed by atoms with Gasteiger partial charge in [0.15, 0.2) is 0 Å². The van der Waals surface area contributed by atoms with E-state index in [1.165, 1.54) is 0 Å². The van der Waals surface area contributed by atoms with Crippen molar-refractivity contribution in [3.8, 4) is 0 Å². The van der Waals surface area contributed by atoms with E-state index in [9.17, 15) is 0 Å². The molecule has 0 spiro atoms. The van der Waals surface area contributed by atoms with Crippen LogP contribution in [0.4, 0.5) is 5.69 Å². The molecule has 2 heterocycles. The van der Waals surface area contributed by atoms with Gasteiger partial charge in [0.1, 0.15) is 0 Å². The summed E-state index contributed by atoms with van der Waals surface area (Å²) in [5.74, 6) is 0.280. The lowest BCUT2D eigenvalue weighted by molar-refractivity contribution is 0.00578. The fourth-order valence-electron chi connectivity index (χ4n) is 2.28. The van der Waals surface area contributed by atoms with Gasteiger partial charge in [-0.1, -0.05) is 13.8 Å². The zero-order chi connectivity index (χ0) is 14.4. The molecule has 1 fully saturated rings. The third-order valence-corrected chi connectivity index (χ3v) is 4.11. The van der Waals surface area contributed by atoms with Gasteiger partial charge in [-0.2, -0.15) is 0 Å². The van der Waals surface area contributed by atoms with Crippen LogP contribution in [-0.2, 0) is 9.31 Å². The Hall–Kier alpha value is -1.07. The van der Waals surface area contributed by atoms with Gasteiger partial charge in [-0.05, 0) is 45.2 Å². The van der Waals surface area contributed by atoms with E-state index in [1.54, 1.807) is 6.20 Å². The molecule has 0 unspecified atom stereocenters. The number of anilines is 1. The zero-order valence-corrected chi connectivity index (χ0v) is 12.7. The van der Waals surface area contributed by atoms with Crippen molar-refractivity contribution in [3.63, 3.8) is 0 Å². The van der Waals surface area contributed by atoms with Gasteiger partial charge in [0.2, 0.25) is 0 Å². The van der Waals surface area contributed by atoms with Crippen molar-refractivity contribution in [3.05, 3.63) is 17.8 Å². The molecule has 1 aromatic rings. The van der Waals surface area contributed by atoms with Crippen molar-refractivity contribution in [2.75, 3.05) is 5.73 Å². The highest BCUT2D eigenvalue weighted by Crippen LogP contribution is 2.37. The van der Waals surface area contributed by atoms with Crippen molar-refractivity contribution >= 4 is 18.4 Å². The molecule has 0 saturated carbocycles. The summed E-state index contributed by atoms with van der Waals surface area (Å²) in [6.45, 7) is 12.3. The van der Waals surface area contributed by atoms with Gasteiger partial charge in [0.05, 0.1) is 16.8 Å². The summed E-state index contributed by atoms with van der Waals surface area (Å²) >= 11 is 0. The van der Waals surface area contributed by atoms with Crippen molar-refractivity contribution in [1.29, 1.82) is 0 Å². The maximum atomic E-state index is 6.07. The number of nitrogens with two attached hydrogens (primary N) is 1. The van der Waals surface area contributed by atoms with Crippen LogP contribution in [-0.4, -0.2) is 23.3 Å². The summed E-state index contributed by atoms with van der Waals surface area (Å²) in [5.41, 5.74) is 7.91. The molecule has 1 aliphatic heterocycles. The zero-order valence-electron chi connectivity index (χ0n) is 12.7. The first-order valence-electron chi connectivity index (χ1n) is 6.75. The Morgan fingerprint density at radius 2 is 1.68 bits per heavy atom. The van der Waals surface area contributed by atoms with Crippen molar-refractivity contribution in [1.82, 2.24) is 4.98 Å². The minimum Gasteiger partial charge on any atom is -0.398 e. The molecule has 1 aromatic heterocycles. The van der Waals surface area contributed by atoms with E-state index in [2.05, 4.69) is 18.8 Å². The number of nitrogens with zero attached hydrogens (tertiary/aromatic N) is 1. The molecule has 0 aromatic carbocycles. The Kier molecular flexibility index (Phi) is 3.39. The van der Waals surface area contributed by atoms with Gasteiger partial charge >= 0.3 is 7.12 Å². The lowest BCUT2D eigenvalue weighted by Gasteiger charge is -2.32. The van der Waals surface area contributed by atoms with E-state index in [-0.39, 0.29) is 17.1 Å². The Balaban J connectivity index is 2.43. The molecule has 104 valence electrons. The van der Waals surface area contributed by atoms with Crippen LogP contribution >= 0.6 is 0 Å². The highest BCUT2D eigenvalue weighted by atomic mass is 16.7. The average Bonchev–Trinajstić information content (AvgIpc) is 2.47. The molecule has 1 aliphatic rings. The normalized spacial score (nSPS) is 21.1. The van der Waals surface area contributed by atoms with Crippen LogP contribution in [0.1, 0.15) is 53.0 Å². The van der Waals surface area contributed by atoms with Crippen LogP contribution in [0.3, 0.4) is 0 Å². The second-order valence-electron chi connectivity index (χ2n) is 6.44. The summed E-state index contributed by atoms with van der Waals surface area (Å²) in [7, 11) is -0.453. The van der Waals surface area contributed by atoms with E-state index < -0.39 is 7.12 Å². The SMILES string of the molecule is CC(C)c1c(N)ccnc1B1OC(C)(C)C(C)(C)O1. The van der Waals surface area contributed by atoms with E-state index in [0.29, 0.717) is 0 Å². The van der Waals surface area contributed by atoms with Crippen LogP contribution in [0.25, 0.3) is 0 Å². The first-order valence-corrected chi connectivity index (χ1v) is 6.75. The fourth-order valence-corrected chi connectivity index (χ4v) is 2.28. The van der Waals surface area contributed by atoms with E-state index in [4.69, 9.17) is 15.0 Å². The van der Waals surface area contributed by atoms with Crippen LogP contribution in [0.15, 0.2) is 12.3 Å². The standard InChI is InChI=1S/C14H23BN2O2/c1-9(2)11-10(16)7-8-17-12(11)15-18-13(3,4)14(5,6)19-15/h7-9H,1-6H3,(H2,16,17). The maximum absolute atomic E-state index is 6.07. The molecule has 1 saturated heterocycles. The quantitative estimate of drug-likeness (QED) is 0.829. The first-order chi connectivity index (χ1) is 8.66. The Labute approximate surface area is 115 Å². The number of rotatable bonds is 2. The molecule has 0 radical (unpaired) electrons. The van der Waals surface area contributed by atoms with Crippen LogP contribution < -0.4 is 11.3 Å². The summed E-state index contributed by atoms with van der Waals surface area (Å²) in [5, 5.41) is 0. The molecule has 19 heavy (non-hydrogen) atoms. The molecular weight excluding hydrogens is 239 g/mol. The van der Waals surface area contributed by atoms with Gasteiger partial charge in [0, 0.05) is 11.9 Å². The largest absolute Gasteiger partial charge is 0.514 e. The lowest BCUT2D eigenvalue weighted by Crippen LogP contribution is -2.41. The number of hydrogen-bond donors (Lipinski definition) is 1. The van der Waals surface area contributed by atoms with Crippen LogP contribution in [0.2, 0.25) is 0 Å². The topological polar surface area (TPSA) is 57.4 Å². The van der Waals surface area contributed by atoms with E-state index in [1.807, 2.05) is 33.8 Å². The van der Waals surface area contributed by atoms with Crippen molar-refractivity contribution < 1.29 is 9.31 Å². The van der Waals surface area contributed by atoms with Gasteiger partial charge in [-0.3, -0.25) is 4.98 Å². The molecular formula is C14H23BN2O2. The molecule has 2 N–H and O–H groups in total. The average molecular weight is 262 g/mol. The van der Waals surface area contributed by atoms with E-state index >= 15 is 0 Å². The summed E-state index contributed by atoms with van der Waals surface area (Å²) in [4.78, 5) is 4.44. The maximum Gasteiger partial charge on any atom is 0.514 e. The number of hydrogen-bond acceptors (Lipinski definition) is 4. The monoisotopic (exact) mass is 262 g/mol.